The Morgan fingerprint density at radius 2 is 1.66 bits per heavy atom. The van der Waals surface area contributed by atoms with Crippen LogP contribution in [0.4, 0.5) is 0 Å². The van der Waals surface area contributed by atoms with Crippen molar-refractivity contribution in [2.24, 2.45) is 0 Å². The molecule has 2 bridgehead atoms. The Bertz CT molecular complexity index is 865. The molecule has 0 spiro atoms. The predicted octanol–water partition coefficient (Wildman–Crippen LogP) is 5.48. The fourth-order valence-electron chi connectivity index (χ4n) is 5.21. The molecule has 2 atom stereocenters. The zero-order valence-corrected chi connectivity index (χ0v) is 17.7. The molecule has 2 saturated heterocycles. The zero-order chi connectivity index (χ0) is 20.4. The number of carbonyl (C=O) groups is 1. The van der Waals surface area contributed by atoms with E-state index in [2.05, 4.69) is 60.4 Å². The van der Waals surface area contributed by atoms with E-state index in [0.29, 0.717) is 12.1 Å². The molecular formula is C26H31NO2. The minimum absolute atomic E-state index is 0.0365. The number of aryl methyl sites for hydroxylation is 3. The summed E-state index contributed by atoms with van der Waals surface area (Å²) in [7, 11) is 0. The van der Waals surface area contributed by atoms with Crippen LogP contribution in [-0.4, -0.2) is 35.6 Å². The molecule has 2 aliphatic heterocycles. The van der Waals surface area contributed by atoms with Crippen LogP contribution in [0.25, 0.3) is 6.08 Å². The van der Waals surface area contributed by atoms with Crippen molar-refractivity contribution >= 4 is 12.0 Å². The Hall–Kier alpha value is -2.39. The first-order valence-corrected chi connectivity index (χ1v) is 10.8. The van der Waals surface area contributed by atoms with Gasteiger partial charge in [0.25, 0.3) is 0 Å². The number of fused-ring (bicyclic) bond motifs is 2. The lowest BCUT2D eigenvalue weighted by atomic mass is 9.98. The Morgan fingerprint density at radius 3 is 2.28 bits per heavy atom. The average Bonchev–Trinajstić information content (AvgIpc) is 2.91. The number of esters is 1. The van der Waals surface area contributed by atoms with Crippen molar-refractivity contribution in [2.45, 2.75) is 64.6 Å². The number of benzene rings is 2. The van der Waals surface area contributed by atoms with E-state index in [0.717, 1.165) is 36.1 Å². The topological polar surface area (TPSA) is 29.5 Å². The fourth-order valence-corrected chi connectivity index (χ4v) is 5.21. The second-order valence-corrected chi connectivity index (χ2v) is 8.67. The van der Waals surface area contributed by atoms with Gasteiger partial charge in [-0.3, -0.25) is 4.90 Å². The number of nitrogens with zero attached hydrogens (tertiary/aromatic N) is 1. The summed E-state index contributed by atoms with van der Waals surface area (Å²) in [6.07, 6.45) is 8.83. The van der Waals surface area contributed by atoms with Crippen molar-refractivity contribution in [1.82, 2.24) is 4.90 Å². The van der Waals surface area contributed by atoms with Gasteiger partial charge >= 0.3 is 5.97 Å². The maximum absolute atomic E-state index is 12.9. The first kappa shape index (κ1) is 19.9. The van der Waals surface area contributed by atoms with Gasteiger partial charge in [0.1, 0.15) is 6.10 Å². The summed E-state index contributed by atoms with van der Waals surface area (Å²) in [5, 5.41) is 0. The van der Waals surface area contributed by atoms with E-state index in [1.165, 1.54) is 24.0 Å². The lowest BCUT2D eigenvalue weighted by Gasteiger charge is -2.38. The van der Waals surface area contributed by atoms with Crippen LogP contribution in [-0.2, 0) is 4.74 Å². The van der Waals surface area contributed by atoms with E-state index >= 15 is 0 Å². The summed E-state index contributed by atoms with van der Waals surface area (Å²) in [5.41, 5.74) is 5.20. The second-order valence-electron chi connectivity index (χ2n) is 8.67. The van der Waals surface area contributed by atoms with Crippen molar-refractivity contribution in [2.75, 3.05) is 6.54 Å². The third kappa shape index (κ3) is 4.45. The average molecular weight is 390 g/mol. The van der Waals surface area contributed by atoms with Gasteiger partial charge in [0.05, 0.1) is 5.56 Å². The van der Waals surface area contributed by atoms with Gasteiger partial charge in [-0.1, -0.05) is 60.2 Å². The van der Waals surface area contributed by atoms with Crippen molar-refractivity contribution in [3.8, 4) is 0 Å². The number of hydrogen-bond donors (Lipinski definition) is 0. The number of piperidine rings is 1. The lowest BCUT2D eigenvalue weighted by molar-refractivity contribution is -0.00354. The summed E-state index contributed by atoms with van der Waals surface area (Å²) >= 11 is 0. The van der Waals surface area contributed by atoms with E-state index in [1.54, 1.807) is 0 Å². The van der Waals surface area contributed by atoms with E-state index in [1.807, 2.05) is 19.9 Å². The first-order valence-electron chi connectivity index (χ1n) is 10.8. The van der Waals surface area contributed by atoms with E-state index in [-0.39, 0.29) is 12.1 Å². The number of hydrogen-bond acceptors (Lipinski definition) is 3. The summed E-state index contributed by atoms with van der Waals surface area (Å²) in [6, 6.07) is 15.6. The molecule has 0 saturated carbocycles. The molecule has 0 aliphatic carbocycles. The molecule has 3 nitrogen and oxygen atoms in total. The fraction of sp³-hybridized carbons (Fsp3) is 0.423. The van der Waals surface area contributed by atoms with Crippen LogP contribution in [0.3, 0.4) is 0 Å². The third-order valence-electron chi connectivity index (χ3n) is 6.42. The van der Waals surface area contributed by atoms with Crippen molar-refractivity contribution in [3.63, 3.8) is 0 Å². The van der Waals surface area contributed by atoms with Crippen LogP contribution in [0, 0.1) is 20.8 Å². The SMILES string of the molecule is Cc1cc(C)c(C(=O)OC2CC3CCC(C2)N3C/C=C/c2ccccc2)c(C)c1. The van der Waals surface area contributed by atoms with Crippen LogP contribution in [0.5, 0.6) is 0 Å². The van der Waals surface area contributed by atoms with Gasteiger partial charge in [-0.05, 0) is 50.3 Å². The number of carbonyl (C=O) groups excluding carboxylic acids is 1. The maximum Gasteiger partial charge on any atom is 0.338 e. The lowest BCUT2D eigenvalue weighted by Crippen LogP contribution is -2.45. The highest BCUT2D eigenvalue weighted by atomic mass is 16.5. The van der Waals surface area contributed by atoms with E-state index in [9.17, 15) is 4.79 Å². The number of ether oxygens (including phenoxy) is 1. The second kappa shape index (κ2) is 8.54. The molecule has 4 rings (SSSR count). The van der Waals surface area contributed by atoms with Gasteiger partial charge in [-0.25, -0.2) is 4.79 Å². The molecule has 2 fully saturated rings. The molecule has 0 aromatic heterocycles. The van der Waals surface area contributed by atoms with Crippen LogP contribution >= 0.6 is 0 Å². The zero-order valence-electron chi connectivity index (χ0n) is 17.7. The quantitative estimate of drug-likeness (QED) is 0.635. The van der Waals surface area contributed by atoms with Gasteiger partial charge in [-0.2, -0.15) is 0 Å². The van der Waals surface area contributed by atoms with Crippen LogP contribution in [0.2, 0.25) is 0 Å². The molecule has 29 heavy (non-hydrogen) atoms. The van der Waals surface area contributed by atoms with Gasteiger partial charge in [0, 0.05) is 31.5 Å². The Morgan fingerprint density at radius 1 is 1.03 bits per heavy atom. The summed E-state index contributed by atoms with van der Waals surface area (Å²) in [5.74, 6) is -0.151. The predicted molar refractivity (Wildman–Crippen MR) is 118 cm³/mol. The molecule has 0 amide bonds. The molecule has 0 radical (unpaired) electrons. The summed E-state index contributed by atoms with van der Waals surface area (Å²) < 4.78 is 6.00. The Balaban J connectivity index is 1.37. The van der Waals surface area contributed by atoms with Crippen LogP contribution in [0.15, 0.2) is 48.5 Å². The van der Waals surface area contributed by atoms with Gasteiger partial charge in [0.15, 0.2) is 0 Å². The molecule has 2 aromatic rings. The molecule has 2 aromatic carbocycles. The normalized spacial score (nSPS) is 24.2. The third-order valence-corrected chi connectivity index (χ3v) is 6.42. The largest absolute Gasteiger partial charge is 0.459 e. The summed E-state index contributed by atoms with van der Waals surface area (Å²) in [4.78, 5) is 15.5. The molecule has 3 heteroatoms. The molecule has 2 aliphatic rings. The minimum atomic E-state index is -0.151. The highest BCUT2D eigenvalue weighted by Crippen LogP contribution is 2.37. The van der Waals surface area contributed by atoms with E-state index < -0.39 is 0 Å². The molecule has 2 heterocycles. The van der Waals surface area contributed by atoms with Gasteiger partial charge in [-0.15, -0.1) is 0 Å². The van der Waals surface area contributed by atoms with E-state index in [4.69, 9.17) is 4.74 Å². The molecule has 2 unspecified atom stereocenters. The summed E-state index contributed by atoms with van der Waals surface area (Å²) in [6.45, 7) is 7.04. The molecule has 0 N–H and O–H groups in total. The minimum Gasteiger partial charge on any atom is -0.459 e. The highest BCUT2D eigenvalue weighted by Gasteiger charge is 2.41. The maximum atomic E-state index is 12.9. The highest BCUT2D eigenvalue weighted by molar-refractivity contribution is 5.92. The van der Waals surface area contributed by atoms with Crippen molar-refractivity contribution < 1.29 is 9.53 Å². The number of rotatable bonds is 5. The monoisotopic (exact) mass is 389 g/mol. The molecule has 152 valence electrons. The van der Waals surface area contributed by atoms with Crippen LogP contribution < -0.4 is 0 Å². The Kier molecular flexibility index (Phi) is 5.86. The first-order chi connectivity index (χ1) is 14.0. The van der Waals surface area contributed by atoms with Crippen molar-refractivity contribution in [3.05, 3.63) is 76.4 Å². The van der Waals surface area contributed by atoms with Gasteiger partial charge in [0.2, 0.25) is 0 Å². The molecular weight excluding hydrogens is 358 g/mol. The van der Waals surface area contributed by atoms with Gasteiger partial charge < -0.3 is 4.74 Å². The van der Waals surface area contributed by atoms with Crippen LogP contribution in [0.1, 0.15) is 58.3 Å². The van der Waals surface area contributed by atoms with Crippen molar-refractivity contribution in [1.29, 1.82) is 0 Å². The Labute approximate surface area is 174 Å². The smallest absolute Gasteiger partial charge is 0.338 e. The standard InChI is InChI=1S/C26H31NO2/c1-18-14-19(2)25(20(3)15-18)26(28)29-24-16-22-11-12-23(17-24)27(22)13-7-10-21-8-5-4-6-9-21/h4-10,14-15,22-24H,11-13,16-17H2,1-3H3/b10-7+.